The monoisotopic (exact) mass is 224 g/mol. The molecule has 84 valence electrons. The number of hydrogen-bond acceptors (Lipinski definition) is 2. The molecule has 2 heteroatoms. The Balaban J connectivity index is 2.18. The minimum absolute atomic E-state index is 0.245. The number of hydrogen-bond donors (Lipinski definition) is 1. The van der Waals surface area contributed by atoms with Crippen molar-refractivity contribution in [2.45, 2.75) is 52.1 Å². The van der Waals surface area contributed by atoms with Crippen molar-refractivity contribution >= 4 is 11.3 Å². The molecule has 0 radical (unpaired) electrons. The molecular formula is C13H20OS. The van der Waals surface area contributed by atoms with Crippen LogP contribution < -0.4 is 0 Å². The Morgan fingerprint density at radius 2 is 2.13 bits per heavy atom. The molecule has 1 aromatic rings. The van der Waals surface area contributed by atoms with Gasteiger partial charge in [-0.15, -0.1) is 11.3 Å². The number of thiophene rings is 1. The fourth-order valence-electron chi connectivity index (χ4n) is 2.16. The maximum atomic E-state index is 10.1. The molecule has 15 heavy (non-hydrogen) atoms. The van der Waals surface area contributed by atoms with Crippen LogP contribution in [-0.2, 0) is 12.8 Å². The van der Waals surface area contributed by atoms with E-state index < -0.39 is 0 Å². The lowest BCUT2D eigenvalue weighted by Crippen LogP contribution is -2.06. The van der Waals surface area contributed by atoms with Crippen LogP contribution in [0.4, 0.5) is 0 Å². The summed E-state index contributed by atoms with van der Waals surface area (Å²) in [5.74, 6) is 0.380. The molecule has 0 saturated carbocycles. The van der Waals surface area contributed by atoms with E-state index in [0.29, 0.717) is 5.92 Å². The van der Waals surface area contributed by atoms with Crippen LogP contribution in [-0.4, -0.2) is 5.11 Å². The minimum atomic E-state index is -0.245. The molecular weight excluding hydrogens is 204 g/mol. The highest BCUT2D eigenvalue weighted by atomic mass is 32.1. The van der Waals surface area contributed by atoms with Crippen molar-refractivity contribution in [3.05, 3.63) is 21.4 Å². The first-order valence-corrected chi connectivity index (χ1v) is 6.83. The lowest BCUT2D eigenvalue weighted by molar-refractivity contribution is 0.119. The van der Waals surface area contributed by atoms with Crippen LogP contribution in [0.5, 0.6) is 0 Å². The molecule has 1 N–H and O–H groups in total. The van der Waals surface area contributed by atoms with E-state index in [4.69, 9.17) is 0 Å². The first-order chi connectivity index (χ1) is 7.22. The molecule has 1 aromatic heterocycles. The number of aryl methyl sites for hydroxylation is 2. The van der Waals surface area contributed by atoms with E-state index in [-0.39, 0.29) is 6.10 Å². The van der Waals surface area contributed by atoms with Gasteiger partial charge in [0.2, 0.25) is 0 Å². The van der Waals surface area contributed by atoms with E-state index in [1.165, 1.54) is 41.0 Å². The van der Waals surface area contributed by atoms with Gasteiger partial charge in [-0.25, -0.2) is 0 Å². The topological polar surface area (TPSA) is 20.2 Å². The third-order valence-corrected chi connectivity index (χ3v) is 4.80. The van der Waals surface area contributed by atoms with E-state index in [1.807, 2.05) is 11.3 Å². The van der Waals surface area contributed by atoms with Crippen molar-refractivity contribution in [2.75, 3.05) is 0 Å². The molecule has 0 saturated heterocycles. The Labute approximate surface area is 96.1 Å². The Morgan fingerprint density at radius 1 is 1.40 bits per heavy atom. The van der Waals surface area contributed by atoms with Gasteiger partial charge in [0.1, 0.15) is 0 Å². The maximum absolute atomic E-state index is 10.1. The van der Waals surface area contributed by atoms with Gasteiger partial charge in [0.15, 0.2) is 0 Å². The Hall–Kier alpha value is -0.340. The molecule has 2 unspecified atom stereocenters. The van der Waals surface area contributed by atoms with E-state index in [2.05, 4.69) is 19.9 Å². The molecule has 1 heterocycles. The molecule has 0 aliphatic heterocycles. The van der Waals surface area contributed by atoms with Crippen LogP contribution in [0.25, 0.3) is 0 Å². The predicted octanol–water partition coefficient (Wildman–Crippen LogP) is 3.71. The average Bonchev–Trinajstić information content (AvgIpc) is 2.70. The van der Waals surface area contributed by atoms with Gasteiger partial charge in [0, 0.05) is 9.75 Å². The van der Waals surface area contributed by atoms with Gasteiger partial charge in [-0.1, -0.05) is 20.3 Å². The molecule has 0 bridgehead atoms. The van der Waals surface area contributed by atoms with Crippen molar-refractivity contribution in [3.63, 3.8) is 0 Å². The summed E-state index contributed by atoms with van der Waals surface area (Å²) in [4.78, 5) is 2.72. The van der Waals surface area contributed by atoms with E-state index in [1.54, 1.807) is 0 Å². The third kappa shape index (κ3) is 2.26. The van der Waals surface area contributed by atoms with Crippen molar-refractivity contribution in [1.82, 2.24) is 0 Å². The normalized spacial score (nSPS) is 19.7. The fraction of sp³-hybridized carbons (Fsp3) is 0.692. The van der Waals surface area contributed by atoms with Gasteiger partial charge in [0.05, 0.1) is 6.10 Å². The van der Waals surface area contributed by atoms with E-state index in [0.717, 1.165) is 6.42 Å². The zero-order valence-electron chi connectivity index (χ0n) is 9.62. The SMILES string of the molecule is CCC(C)C(O)c1cc2c(s1)CCCC2. The number of aliphatic hydroxyl groups excluding tert-OH is 1. The first-order valence-electron chi connectivity index (χ1n) is 6.02. The minimum Gasteiger partial charge on any atom is -0.387 e. The maximum Gasteiger partial charge on any atom is 0.0907 e. The molecule has 1 nitrogen and oxygen atoms in total. The van der Waals surface area contributed by atoms with Crippen LogP contribution in [0.15, 0.2) is 6.07 Å². The molecule has 2 rings (SSSR count). The van der Waals surface area contributed by atoms with Crippen molar-refractivity contribution in [1.29, 1.82) is 0 Å². The van der Waals surface area contributed by atoms with Crippen LogP contribution >= 0.6 is 11.3 Å². The van der Waals surface area contributed by atoms with Crippen molar-refractivity contribution < 1.29 is 5.11 Å². The highest BCUT2D eigenvalue weighted by Crippen LogP contribution is 2.35. The fourth-order valence-corrected chi connectivity index (χ4v) is 3.54. The zero-order chi connectivity index (χ0) is 10.8. The van der Waals surface area contributed by atoms with Crippen LogP contribution in [0.2, 0.25) is 0 Å². The smallest absolute Gasteiger partial charge is 0.0907 e. The Kier molecular flexibility index (Phi) is 3.47. The van der Waals surface area contributed by atoms with Gasteiger partial charge in [-0.2, -0.15) is 0 Å². The van der Waals surface area contributed by atoms with Gasteiger partial charge < -0.3 is 5.11 Å². The van der Waals surface area contributed by atoms with Gasteiger partial charge in [0.25, 0.3) is 0 Å². The average molecular weight is 224 g/mol. The predicted molar refractivity (Wildman–Crippen MR) is 65.4 cm³/mol. The largest absolute Gasteiger partial charge is 0.387 e. The molecule has 2 atom stereocenters. The summed E-state index contributed by atoms with van der Waals surface area (Å²) in [5, 5.41) is 10.1. The van der Waals surface area contributed by atoms with Crippen LogP contribution in [0.3, 0.4) is 0 Å². The first kappa shape index (κ1) is 11.2. The molecule has 1 aliphatic carbocycles. The van der Waals surface area contributed by atoms with Crippen molar-refractivity contribution in [3.8, 4) is 0 Å². The van der Waals surface area contributed by atoms with Crippen LogP contribution in [0, 0.1) is 5.92 Å². The molecule has 1 aliphatic rings. The third-order valence-electron chi connectivity index (χ3n) is 3.49. The summed E-state index contributed by atoms with van der Waals surface area (Å²) in [6.07, 6.45) is 5.90. The second-order valence-electron chi connectivity index (χ2n) is 4.63. The number of fused-ring (bicyclic) bond motifs is 1. The highest BCUT2D eigenvalue weighted by molar-refractivity contribution is 7.12. The van der Waals surface area contributed by atoms with Gasteiger partial charge >= 0.3 is 0 Å². The molecule has 0 amide bonds. The van der Waals surface area contributed by atoms with E-state index in [9.17, 15) is 5.11 Å². The second kappa shape index (κ2) is 4.67. The Morgan fingerprint density at radius 3 is 2.80 bits per heavy atom. The summed E-state index contributed by atoms with van der Waals surface area (Å²) in [7, 11) is 0. The second-order valence-corrected chi connectivity index (χ2v) is 5.80. The standard InChI is InChI=1S/C13H20OS/c1-3-9(2)13(14)12-8-10-6-4-5-7-11(10)15-12/h8-9,13-14H,3-7H2,1-2H3. The number of aliphatic hydroxyl groups is 1. The van der Waals surface area contributed by atoms with E-state index >= 15 is 0 Å². The molecule has 0 fully saturated rings. The highest BCUT2D eigenvalue weighted by Gasteiger charge is 2.20. The summed E-state index contributed by atoms with van der Waals surface area (Å²) >= 11 is 1.84. The van der Waals surface area contributed by atoms with Gasteiger partial charge in [-0.05, 0) is 43.2 Å². The summed E-state index contributed by atoms with van der Waals surface area (Å²) in [6.45, 7) is 4.27. The lowest BCUT2D eigenvalue weighted by Gasteiger charge is -2.14. The lowest BCUT2D eigenvalue weighted by atomic mass is 9.96. The van der Waals surface area contributed by atoms with Gasteiger partial charge in [-0.3, -0.25) is 0 Å². The summed E-state index contributed by atoms with van der Waals surface area (Å²) in [6, 6.07) is 2.25. The quantitative estimate of drug-likeness (QED) is 0.830. The summed E-state index contributed by atoms with van der Waals surface area (Å²) in [5.41, 5.74) is 1.50. The Bertz CT molecular complexity index is 306. The summed E-state index contributed by atoms with van der Waals surface area (Å²) < 4.78 is 0. The zero-order valence-corrected chi connectivity index (χ0v) is 10.4. The van der Waals surface area contributed by atoms with Crippen LogP contribution in [0.1, 0.15) is 54.5 Å². The van der Waals surface area contributed by atoms with Crippen molar-refractivity contribution in [2.24, 2.45) is 5.92 Å². The number of rotatable bonds is 3. The molecule has 0 aromatic carbocycles. The molecule has 0 spiro atoms.